The molecule has 3 N–H and O–H groups in total. The molecule has 0 fully saturated rings. The monoisotopic (exact) mass is 396 g/mol. The summed E-state index contributed by atoms with van der Waals surface area (Å²) in [7, 11) is 0. The van der Waals surface area contributed by atoms with Crippen LogP contribution in [0.4, 0.5) is 13.2 Å². The van der Waals surface area contributed by atoms with Gasteiger partial charge in [-0.25, -0.2) is 0 Å². The van der Waals surface area contributed by atoms with Crippen LogP contribution < -0.4 is 15.6 Å². The molecule has 0 spiro atoms. The first kappa shape index (κ1) is 21.2. The zero-order chi connectivity index (χ0) is 20.8. The molecule has 0 saturated heterocycles. The Bertz CT molecular complexity index is 806. The van der Waals surface area contributed by atoms with Crippen molar-refractivity contribution in [3.8, 4) is 5.75 Å². The fraction of sp³-hybridized carbons (Fsp3) is 0.263. The highest BCUT2D eigenvalue weighted by Crippen LogP contribution is 2.32. The van der Waals surface area contributed by atoms with Crippen molar-refractivity contribution in [3.63, 3.8) is 0 Å². The van der Waals surface area contributed by atoms with Gasteiger partial charge in [-0.2, -0.15) is 13.2 Å². The van der Waals surface area contributed by atoms with E-state index in [2.05, 4.69) is 0 Å². The number of ether oxygens (including phenoxy) is 1. The third-order valence-corrected chi connectivity index (χ3v) is 3.80. The van der Waals surface area contributed by atoms with Gasteiger partial charge in [0.15, 0.2) is 5.60 Å². The zero-order valence-corrected chi connectivity index (χ0v) is 14.9. The van der Waals surface area contributed by atoms with E-state index in [0.717, 1.165) is 5.56 Å². The van der Waals surface area contributed by atoms with Crippen LogP contribution in [-0.4, -0.2) is 28.7 Å². The summed E-state index contributed by atoms with van der Waals surface area (Å²) >= 11 is 0. The molecule has 2 aromatic rings. The molecule has 1 atom stereocenters. The van der Waals surface area contributed by atoms with Gasteiger partial charge in [-0.15, -0.1) is 0 Å². The van der Waals surface area contributed by atoms with Gasteiger partial charge in [0.05, 0.1) is 6.42 Å². The fourth-order valence-electron chi connectivity index (χ4n) is 2.09. The van der Waals surface area contributed by atoms with Crippen LogP contribution in [-0.2, 0) is 11.4 Å². The number of nitrogens with one attached hydrogen (secondary N) is 2. The number of alkyl halides is 3. The van der Waals surface area contributed by atoms with Crippen LogP contribution in [0.5, 0.6) is 5.75 Å². The number of para-hydroxylation sites is 1. The van der Waals surface area contributed by atoms with Gasteiger partial charge >= 0.3 is 6.18 Å². The first-order chi connectivity index (χ1) is 13.1. The summed E-state index contributed by atoms with van der Waals surface area (Å²) in [4.78, 5) is 23.5. The number of hydrogen-bond donors (Lipinski definition) is 3. The molecule has 0 heterocycles. The number of carbonyl (C=O) groups excluding carboxylic acids is 2. The number of rotatable bonds is 6. The lowest BCUT2D eigenvalue weighted by Crippen LogP contribution is -2.49. The van der Waals surface area contributed by atoms with Crippen LogP contribution in [0.3, 0.4) is 0 Å². The van der Waals surface area contributed by atoms with E-state index in [9.17, 15) is 27.9 Å². The summed E-state index contributed by atoms with van der Waals surface area (Å²) in [6.45, 7) is 0.764. The summed E-state index contributed by atoms with van der Waals surface area (Å²) < 4.78 is 43.2. The van der Waals surface area contributed by atoms with Gasteiger partial charge < -0.3 is 9.84 Å². The third-order valence-electron chi connectivity index (χ3n) is 3.80. The molecule has 2 aromatic carbocycles. The number of hydrazine groups is 1. The van der Waals surface area contributed by atoms with Crippen LogP contribution in [0, 0.1) is 0 Å². The van der Waals surface area contributed by atoms with Crippen LogP contribution in [0.2, 0.25) is 0 Å². The van der Waals surface area contributed by atoms with E-state index < -0.39 is 30.0 Å². The SMILES string of the molecule is C[C@](O)(CC(=O)NNC(=O)c1ccc(COc2ccccc2)cc1)C(F)(F)F. The lowest BCUT2D eigenvalue weighted by Gasteiger charge is -2.25. The Morgan fingerprint density at radius 1 is 1.00 bits per heavy atom. The second-order valence-corrected chi connectivity index (χ2v) is 6.25. The predicted octanol–water partition coefficient (Wildman–Crippen LogP) is 2.73. The molecular formula is C19H19F3N2O4. The quantitative estimate of drug-likeness (QED) is 0.656. The van der Waals surface area contributed by atoms with Gasteiger partial charge in [0.1, 0.15) is 12.4 Å². The second-order valence-electron chi connectivity index (χ2n) is 6.25. The van der Waals surface area contributed by atoms with E-state index in [1.165, 1.54) is 12.1 Å². The van der Waals surface area contributed by atoms with Gasteiger partial charge in [0.25, 0.3) is 5.91 Å². The van der Waals surface area contributed by atoms with Crippen LogP contribution in [0.25, 0.3) is 0 Å². The Labute approximate surface area is 159 Å². The maximum atomic E-state index is 12.5. The molecule has 0 aliphatic heterocycles. The summed E-state index contributed by atoms with van der Waals surface area (Å²) in [6.07, 6.45) is -6.21. The van der Waals surface area contributed by atoms with Crippen LogP contribution in [0.15, 0.2) is 54.6 Å². The van der Waals surface area contributed by atoms with Gasteiger partial charge in [0.2, 0.25) is 5.91 Å². The summed E-state index contributed by atoms with van der Waals surface area (Å²) in [5.41, 5.74) is 1.64. The molecule has 0 saturated carbocycles. The Balaban J connectivity index is 1.83. The minimum Gasteiger partial charge on any atom is -0.489 e. The van der Waals surface area contributed by atoms with Crippen LogP contribution >= 0.6 is 0 Å². The number of carbonyl (C=O) groups is 2. The predicted molar refractivity (Wildman–Crippen MR) is 94.1 cm³/mol. The van der Waals surface area contributed by atoms with Crippen molar-refractivity contribution < 1.29 is 32.6 Å². The summed E-state index contributed by atoms with van der Waals surface area (Å²) in [5.74, 6) is -1.19. The largest absolute Gasteiger partial charge is 0.489 e. The zero-order valence-electron chi connectivity index (χ0n) is 14.9. The average molecular weight is 396 g/mol. The van der Waals surface area contributed by atoms with Gasteiger partial charge in [-0.1, -0.05) is 30.3 Å². The van der Waals surface area contributed by atoms with Crippen molar-refractivity contribution in [1.29, 1.82) is 0 Å². The number of aliphatic hydroxyl groups is 1. The van der Waals surface area contributed by atoms with E-state index in [0.29, 0.717) is 12.7 Å². The topological polar surface area (TPSA) is 87.7 Å². The van der Waals surface area contributed by atoms with E-state index in [1.54, 1.807) is 24.3 Å². The van der Waals surface area contributed by atoms with Crippen molar-refractivity contribution in [3.05, 3.63) is 65.7 Å². The Morgan fingerprint density at radius 3 is 2.18 bits per heavy atom. The number of hydrogen-bond acceptors (Lipinski definition) is 4. The molecule has 2 rings (SSSR count). The lowest BCUT2D eigenvalue weighted by atomic mass is 10.0. The van der Waals surface area contributed by atoms with E-state index in [4.69, 9.17) is 4.74 Å². The molecule has 0 aliphatic carbocycles. The number of benzene rings is 2. The van der Waals surface area contributed by atoms with Crippen molar-refractivity contribution >= 4 is 11.8 Å². The fourth-order valence-corrected chi connectivity index (χ4v) is 2.09. The Morgan fingerprint density at radius 2 is 1.61 bits per heavy atom. The molecule has 0 radical (unpaired) electrons. The maximum Gasteiger partial charge on any atom is 0.417 e. The molecular weight excluding hydrogens is 377 g/mol. The third kappa shape index (κ3) is 5.98. The van der Waals surface area contributed by atoms with Crippen molar-refractivity contribution in [2.75, 3.05) is 0 Å². The van der Waals surface area contributed by atoms with Crippen molar-refractivity contribution in [2.45, 2.75) is 31.7 Å². The Hall–Kier alpha value is -3.07. The van der Waals surface area contributed by atoms with Crippen LogP contribution in [0.1, 0.15) is 29.3 Å². The normalized spacial score (nSPS) is 13.3. The van der Waals surface area contributed by atoms with E-state index >= 15 is 0 Å². The standard InChI is InChI=1S/C19H19F3N2O4/c1-18(27,19(20,21)22)11-16(25)23-24-17(26)14-9-7-13(8-10-14)12-28-15-5-3-2-4-6-15/h2-10,27H,11-12H2,1H3,(H,23,25)(H,24,26)/t18-/m0/s1. The number of halogens is 3. The molecule has 2 amide bonds. The molecule has 150 valence electrons. The maximum absolute atomic E-state index is 12.5. The summed E-state index contributed by atoms with van der Waals surface area (Å²) in [5, 5.41) is 9.26. The molecule has 0 unspecified atom stereocenters. The smallest absolute Gasteiger partial charge is 0.417 e. The van der Waals surface area contributed by atoms with Gasteiger partial charge in [-0.05, 0) is 36.8 Å². The minimum atomic E-state index is -4.97. The Kier molecular flexibility index (Phi) is 6.63. The first-order valence-corrected chi connectivity index (χ1v) is 8.23. The average Bonchev–Trinajstić information content (AvgIpc) is 2.64. The minimum absolute atomic E-state index is 0.186. The number of amides is 2. The van der Waals surface area contributed by atoms with Gasteiger partial charge in [-0.3, -0.25) is 20.4 Å². The van der Waals surface area contributed by atoms with E-state index in [1.807, 2.05) is 29.1 Å². The van der Waals surface area contributed by atoms with Crippen molar-refractivity contribution in [2.24, 2.45) is 0 Å². The van der Waals surface area contributed by atoms with Gasteiger partial charge in [0, 0.05) is 5.56 Å². The summed E-state index contributed by atoms with van der Waals surface area (Å²) in [6, 6.07) is 15.4. The second kappa shape index (κ2) is 8.75. The molecule has 0 aliphatic rings. The molecule has 0 bridgehead atoms. The van der Waals surface area contributed by atoms with Crippen molar-refractivity contribution in [1.82, 2.24) is 10.9 Å². The van der Waals surface area contributed by atoms with E-state index in [-0.39, 0.29) is 12.2 Å². The molecule has 0 aromatic heterocycles. The highest BCUT2D eigenvalue weighted by Gasteiger charge is 2.51. The highest BCUT2D eigenvalue weighted by atomic mass is 19.4. The highest BCUT2D eigenvalue weighted by molar-refractivity contribution is 5.95. The first-order valence-electron chi connectivity index (χ1n) is 8.23. The molecule has 6 nitrogen and oxygen atoms in total. The lowest BCUT2D eigenvalue weighted by molar-refractivity contribution is -0.253. The molecule has 28 heavy (non-hydrogen) atoms. The molecule has 9 heteroatoms.